The van der Waals surface area contributed by atoms with E-state index in [2.05, 4.69) is 79.7 Å². The van der Waals surface area contributed by atoms with Crippen LogP contribution < -0.4 is 0 Å². The van der Waals surface area contributed by atoms with Crippen LogP contribution in [0.3, 0.4) is 0 Å². The van der Waals surface area contributed by atoms with Gasteiger partial charge in [-0.05, 0) is 60.4 Å². The molecule has 8 rings (SSSR count). The van der Waals surface area contributed by atoms with Crippen LogP contribution in [0, 0.1) is 0 Å². The van der Waals surface area contributed by atoms with E-state index in [1.165, 1.54) is 11.1 Å². The fourth-order valence-electron chi connectivity index (χ4n) is 4.66. The molecule has 2 heteroatoms. The quantitative estimate of drug-likeness (QED) is 0.351. The summed E-state index contributed by atoms with van der Waals surface area (Å²) < 4.78 is 0. The molecule has 4 aromatic carbocycles. The number of phenols is 1. The van der Waals surface area contributed by atoms with Gasteiger partial charge in [0.25, 0.3) is 0 Å². The number of aliphatic imine (C=N–C) groups is 1. The van der Waals surface area contributed by atoms with Crippen LogP contribution in [0.2, 0.25) is 0 Å². The molecule has 0 unspecified atom stereocenters. The molecule has 2 nitrogen and oxygen atoms in total. The van der Waals surface area contributed by atoms with Gasteiger partial charge in [0.05, 0.1) is 11.8 Å². The van der Waals surface area contributed by atoms with Gasteiger partial charge in [-0.15, -0.1) is 0 Å². The normalized spacial score (nSPS) is 14.5. The van der Waals surface area contributed by atoms with Gasteiger partial charge in [0, 0.05) is 11.1 Å². The van der Waals surface area contributed by atoms with Crippen molar-refractivity contribution in [3.05, 3.63) is 136 Å². The SMILES string of the molecule is C[C@H](N=C(c1ccccc1)c1c2ccc(c1O)CCc1ccc(cc1)CC2)c1ccccc1. The third-order valence-electron chi connectivity index (χ3n) is 6.63. The number of benzene rings is 4. The Morgan fingerprint density at radius 2 is 1.21 bits per heavy atom. The van der Waals surface area contributed by atoms with Crippen molar-refractivity contribution in [2.45, 2.75) is 38.6 Å². The van der Waals surface area contributed by atoms with E-state index in [4.69, 9.17) is 4.99 Å². The first-order chi connectivity index (χ1) is 16.2. The smallest absolute Gasteiger partial charge is 0.128 e. The lowest BCUT2D eigenvalue weighted by atomic mass is 9.88. The topological polar surface area (TPSA) is 32.6 Å². The summed E-state index contributed by atoms with van der Waals surface area (Å²) >= 11 is 0. The lowest BCUT2D eigenvalue weighted by Crippen LogP contribution is -2.12. The Balaban J connectivity index is 1.67. The molecule has 0 heterocycles. The van der Waals surface area contributed by atoms with Crippen molar-refractivity contribution >= 4 is 5.71 Å². The highest BCUT2D eigenvalue weighted by atomic mass is 16.3. The van der Waals surface area contributed by atoms with Gasteiger partial charge in [0.15, 0.2) is 0 Å². The first-order valence-corrected chi connectivity index (χ1v) is 11.8. The van der Waals surface area contributed by atoms with E-state index in [1.54, 1.807) is 0 Å². The van der Waals surface area contributed by atoms with E-state index in [-0.39, 0.29) is 6.04 Å². The Kier molecular flexibility index (Phi) is 6.08. The Morgan fingerprint density at radius 3 is 1.85 bits per heavy atom. The number of nitrogens with zero attached hydrogens (tertiary/aromatic N) is 1. The molecule has 1 atom stereocenters. The number of hydrogen-bond donors (Lipinski definition) is 1. The highest BCUT2D eigenvalue weighted by Gasteiger charge is 2.21. The molecule has 0 radical (unpaired) electrons. The molecular weight excluding hydrogens is 402 g/mol. The summed E-state index contributed by atoms with van der Waals surface area (Å²) in [5.74, 6) is 0.380. The second-order valence-electron chi connectivity index (χ2n) is 8.85. The molecule has 0 saturated carbocycles. The van der Waals surface area contributed by atoms with Crippen LogP contribution in [0.15, 0.2) is 102 Å². The maximum Gasteiger partial charge on any atom is 0.128 e. The van der Waals surface area contributed by atoms with Crippen molar-refractivity contribution in [2.24, 2.45) is 4.99 Å². The highest BCUT2D eigenvalue weighted by Crippen LogP contribution is 2.33. The fourth-order valence-corrected chi connectivity index (χ4v) is 4.66. The second-order valence-corrected chi connectivity index (χ2v) is 8.85. The Labute approximate surface area is 196 Å². The maximum atomic E-state index is 11.6. The third kappa shape index (κ3) is 4.61. The number of rotatable bonds is 4. The van der Waals surface area contributed by atoms with Crippen LogP contribution in [0.4, 0.5) is 0 Å². The van der Waals surface area contributed by atoms with Gasteiger partial charge >= 0.3 is 0 Å². The Morgan fingerprint density at radius 1 is 0.667 bits per heavy atom. The van der Waals surface area contributed by atoms with Gasteiger partial charge in [-0.25, -0.2) is 0 Å². The molecule has 4 aliphatic rings. The second kappa shape index (κ2) is 9.46. The average molecular weight is 432 g/mol. The van der Waals surface area contributed by atoms with Crippen molar-refractivity contribution < 1.29 is 5.11 Å². The zero-order chi connectivity index (χ0) is 22.6. The summed E-state index contributed by atoms with van der Waals surface area (Å²) in [4.78, 5) is 5.22. The van der Waals surface area contributed by atoms with Crippen LogP contribution >= 0.6 is 0 Å². The van der Waals surface area contributed by atoms with E-state index in [1.807, 2.05) is 24.3 Å². The van der Waals surface area contributed by atoms with Gasteiger partial charge in [0.2, 0.25) is 0 Å². The van der Waals surface area contributed by atoms with E-state index in [0.29, 0.717) is 5.75 Å². The molecule has 0 aliphatic heterocycles. The monoisotopic (exact) mass is 431 g/mol. The largest absolute Gasteiger partial charge is 0.507 e. The van der Waals surface area contributed by atoms with Crippen LogP contribution in [0.5, 0.6) is 5.75 Å². The third-order valence-corrected chi connectivity index (χ3v) is 6.63. The van der Waals surface area contributed by atoms with Gasteiger partial charge in [0.1, 0.15) is 5.75 Å². The van der Waals surface area contributed by atoms with E-state index < -0.39 is 0 Å². The number of aromatic hydroxyl groups is 1. The summed E-state index contributed by atoms with van der Waals surface area (Å²) in [7, 11) is 0. The molecule has 4 bridgehead atoms. The van der Waals surface area contributed by atoms with E-state index >= 15 is 0 Å². The summed E-state index contributed by atoms with van der Waals surface area (Å²) in [6.07, 6.45) is 3.50. The molecule has 1 N–H and O–H groups in total. The Bertz CT molecular complexity index is 1260. The van der Waals surface area contributed by atoms with Crippen LogP contribution in [0.25, 0.3) is 0 Å². The molecule has 33 heavy (non-hydrogen) atoms. The predicted octanol–water partition coefficient (Wildman–Crippen LogP) is 6.87. The first-order valence-electron chi connectivity index (χ1n) is 11.8. The number of aryl methyl sites for hydroxylation is 4. The predicted molar refractivity (Wildman–Crippen MR) is 136 cm³/mol. The summed E-state index contributed by atoms with van der Waals surface area (Å²) in [6.45, 7) is 2.12. The zero-order valence-corrected chi connectivity index (χ0v) is 19.0. The summed E-state index contributed by atoms with van der Waals surface area (Å²) in [5, 5.41) is 11.6. The molecule has 0 amide bonds. The maximum absolute atomic E-state index is 11.6. The van der Waals surface area contributed by atoms with Gasteiger partial charge in [-0.1, -0.05) is 97.1 Å². The van der Waals surface area contributed by atoms with Crippen LogP contribution in [-0.2, 0) is 25.7 Å². The molecule has 0 fully saturated rings. The summed E-state index contributed by atoms with van der Waals surface area (Å²) in [6, 6.07) is 33.9. The molecule has 0 aromatic heterocycles. The molecule has 4 aromatic rings. The number of phenolic OH excluding ortho intramolecular Hbond substituents is 1. The first kappa shape index (κ1) is 21.2. The summed E-state index contributed by atoms with van der Waals surface area (Å²) in [5.41, 5.74) is 8.70. The van der Waals surface area contributed by atoms with Crippen LogP contribution in [0.1, 0.15) is 51.9 Å². The highest BCUT2D eigenvalue weighted by molar-refractivity contribution is 6.15. The number of hydrogen-bond acceptors (Lipinski definition) is 2. The van der Waals surface area contributed by atoms with Crippen molar-refractivity contribution in [1.29, 1.82) is 0 Å². The van der Waals surface area contributed by atoms with E-state index in [9.17, 15) is 5.11 Å². The van der Waals surface area contributed by atoms with Crippen molar-refractivity contribution in [3.8, 4) is 5.75 Å². The minimum Gasteiger partial charge on any atom is -0.507 e. The minimum atomic E-state index is -0.0250. The average Bonchev–Trinajstić information content (AvgIpc) is 2.86. The van der Waals surface area contributed by atoms with Crippen molar-refractivity contribution in [2.75, 3.05) is 0 Å². The lowest BCUT2D eigenvalue weighted by molar-refractivity contribution is 0.465. The van der Waals surface area contributed by atoms with Crippen LogP contribution in [-0.4, -0.2) is 10.8 Å². The van der Waals surface area contributed by atoms with Gasteiger partial charge in [-0.2, -0.15) is 0 Å². The van der Waals surface area contributed by atoms with Gasteiger partial charge in [-0.3, -0.25) is 4.99 Å². The van der Waals surface area contributed by atoms with Crippen molar-refractivity contribution in [3.63, 3.8) is 0 Å². The zero-order valence-electron chi connectivity index (χ0n) is 19.0. The van der Waals surface area contributed by atoms with E-state index in [0.717, 1.165) is 59.2 Å². The molecular formula is C31H29NO. The standard InChI is InChI=1S/C31H29NO/c1-22(25-8-4-2-5-9-25)32-30(27-10-6-3-7-11-27)29-26-18-16-23-12-14-24(15-13-23)17-19-28(21-20-26)31(29)33/h2-15,20-22,33H,16-19H2,1H3/t22-/m0/s1. The molecule has 0 saturated heterocycles. The van der Waals surface area contributed by atoms with Crippen molar-refractivity contribution in [1.82, 2.24) is 0 Å². The Hall–Kier alpha value is -3.65. The molecule has 0 spiro atoms. The minimum absolute atomic E-state index is 0.0250. The lowest BCUT2D eigenvalue weighted by Gasteiger charge is -2.20. The molecule has 4 aliphatic carbocycles. The fraction of sp³-hybridized carbons (Fsp3) is 0.194. The van der Waals surface area contributed by atoms with Gasteiger partial charge < -0.3 is 5.11 Å². The molecule has 164 valence electrons.